The first-order valence-electron chi connectivity index (χ1n) is 9.61. The minimum absolute atomic E-state index is 0. The first kappa shape index (κ1) is 23.4. The molecule has 160 valence electrons. The molecule has 0 radical (unpaired) electrons. The smallest absolute Gasteiger partial charge is 0.437 e. The van der Waals surface area contributed by atoms with E-state index in [-0.39, 0.29) is 23.1 Å². The second-order valence-electron chi connectivity index (χ2n) is 7.30. The lowest BCUT2D eigenvalue weighted by Crippen LogP contribution is -3.00. The number of nitrogens with zero attached hydrogens (tertiary/aromatic N) is 2. The van der Waals surface area contributed by atoms with Crippen molar-refractivity contribution in [2.75, 3.05) is 6.16 Å². The van der Waals surface area contributed by atoms with Crippen LogP contribution in [0.25, 0.3) is 0 Å². The Kier molecular flexibility index (Phi) is 6.82. The minimum atomic E-state index is -4.61. The molecule has 1 unspecified atom stereocenters. The topological polar surface area (TPSA) is 24.7 Å². The zero-order valence-corrected chi connectivity index (χ0v) is 19.3. The first-order chi connectivity index (χ1) is 14.4. The number of aliphatic imine (C=N–C) groups is 2. The lowest BCUT2D eigenvalue weighted by Gasteiger charge is -2.34. The molecule has 0 aliphatic carbocycles. The summed E-state index contributed by atoms with van der Waals surface area (Å²) >= 11 is 0. The third-order valence-electron chi connectivity index (χ3n) is 5.33. The van der Waals surface area contributed by atoms with E-state index in [0.29, 0.717) is 5.71 Å². The summed E-state index contributed by atoms with van der Waals surface area (Å²) in [6.07, 6.45) is -3.62. The molecule has 1 atom stereocenters. The van der Waals surface area contributed by atoms with E-state index < -0.39 is 19.1 Å². The molecule has 0 saturated heterocycles. The van der Waals surface area contributed by atoms with Crippen molar-refractivity contribution in [1.29, 1.82) is 0 Å². The Morgan fingerprint density at radius 3 is 1.42 bits per heavy atom. The molecule has 0 amide bonds. The highest BCUT2D eigenvalue weighted by atomic mass is 79.9. The van der Waals surface area contributed by atoms with E-state index in [1.165, 1.54) is 6.21 Å². The van der Waals surface area contributed by atoms with E-state index in [2.05, 4.69) is 9.98 Å². The molecular formula is C24H21BrF3N2P. The summed E-state index contributed by atoms with van der Waals surface area (Å²) < 4.78 is 43.4. The Morgan fingerprint density at radius 2 is 1.13 bits per heavy atom. The van der Waals surface area contributed by atoms with Gasteiger partial charge in [-0.3, -0.25) is 0 Å². The normalized spacial score (nSPS) is 18.4. The van der Waals surface area contributed by atoms with Crippen molar-refractivity contribution in [3.05, 3.63) is 91.0 Å². The molecule has 7 heteroatoms. The van der Waals surface area contributed by atoms with Crippen molar-refractivity contribution in [2.45, 2.75) is 18.8 Å². The summed E-state index contributed by atoms with van der Waals surface area (Å²) in [5.41, 5.74) is -2.20. The third-order valence-corrected chi connectivity index (χ3v) is 9.78. The van der Waals surface area contributed by atoms with E-state index in [1.54, 1.807) is 6.92 Å². The highest BCUT2D eigenvalue weighted by Crippen LogP contribution is 2.60. The Morgan fingerprint density at radius 1 is 0.742 bits per heavy atom. The van der Waals surface area contributed by atoms with Gasteiger partial charge < -0.3 is 17.0 Å². The molecule has 0 saturated carbocycles. The van der Waals surface area contributed by atoms with Gasteiger partial charge in [-0.15, -0.1) is 0 Å². The fourth-order valence-electron chi connectivity index (χ4n) is 3.95. The van der Waals surface area contributed by atoms with Gasteiger partial charge in [0.2, 0.25) is 0 Å². The van der Waals surface area contributed by atoms with Gasteiger partial charge in [-0.1, -0.05) is 54.6 Å². The minimum Gasteiger partial charge on any atom is -1.00 e. The molecule has 3 aromatic rings. The largest absolute Gasteiger partial charge is 1.00 e. The van der Waals surface area contributed by atoms with Gasteiger partial charge in [-0.05, 0) is 43.3 Å². The molecule has 1 heterocycles. The number of hydrogen-bond acceptors (Lipinski definition) is 2. The zero-order chi connectivity index (χ0) is 21.2. The van der Waals surface area contributed by atoms with Gasteiger partial charge in [0.15, 0.2) is 0 Å². The number of alkyl halides is 3. The maximum atomic E-state index is 14.5. The van der Waals surface area contributed by atoms with Gasteiger partial charge in [0.05, 0.1) is 5.71 Å². The highest BCUT2D eigenvalue weighted by Gasteiger charge is 2.65. The van der Waals surface area contributed by atoms with Crippen LogP contribution in [-0.2, 0) is 0 Å². The fraction of sp³-hybridized carbons (Fsp3) is 0.167. The number of hydrogen-bond donors (Lipinski definition) is 0. The van der Waals surface area contributed by atoms with E-state index in [1.807, 2.05) is 91.0 Å². The molecule has 0 fully saturated rings. The van der Waals surface area contributed by atoms with Crippen LogP contribution in [-0.4, -0.2) is 29.9 Å². The van der Waals surface area contributed by atoms with Crippen LogP contribution in [0.5, 0.6) is 0 Å². The predicted octanol–water partition coefficient (Wildman–Crippen LogP) is 1.79. The summed E-state index contributed by atoms with van der Waals surface area (Å²) in [5.74, 6) is 0. The molecule has 2 nitrogen and oxygen atoms in total. The van der Waals surface area contributed by atoms with Gasteiger partial charge >= 0.3 is 6.18 Å². The highest BCUT2D eigenvalue weighted by molar-refractivity contribution is 7.95. The summed E-state index contributed by atoms with van der Waals surface area (Å²) in [4.78, 5) is 8.00. The Balaban J connectivity index is 0.00000272. The molecule has 4 rings (SSSR count). The Labute approximate surface area is 191 Å². The lowest BCUT2D eigenvalue weighted by molar-refractivity contribution is -0.174. The molecular weight excluding hydrogens is 484 g/mol. The molecule has 1 aliphatic heterocycles. The zero-order valence-electron chi connectivity index (χ0n) is 16.8. The summed E-state index contributed by atoms with van der Waals surface area (Å²) in [6.45, 7) is 1.56. The quantitative estimate of drug-likeness (QED) is 0.473. The lowest BCUT2D eigenvalue weighted by atomic mass is 10.2. The van der Waals surface area contributed by atoms with E-state index in [0.717, 1.165) is 15.9 Å². The predicted molar refractivity (Wildman–Crippen MR) is 120 cm³/mol. The first-order valence-corrected chi connectivity index (χ1v) is 11.6. The van der Waals surface area contributed by atoms with E-state index >= 15 is 0 Å². The van der Waals surface area contributed by atoms with Crippen LogP contribution in [0.15, 0.2) is 101 Å². The average Bonchev–Trinajstić information content (AvgIpc) is 3.16. The summed E-state index contributed by atoms with van der Waals surface area (Å²) in [5, 5.41) is 2.63. The molecule has 0 aromatic heterocycles. The van der Waals surface area contributed by atoms with Crippen LogP contribution < -0.4 is 32.9 Å². The van der Waals surface area contributed by atoms with Gasteiger partial charge in [-0.2, -0.15) is 13.2 Å². The summed E-state index contributed by atoms with van der Waals surface area (Å²) in [7, 11) is -2.73. The number of halogens is 4. The maximum Gasteiger partial charge on any atom is 0.437 e. The molecule has 3 aromatic carbocycles. The van der Waals surface area contributed by atoms with Crippen LogP contribution in [0, 0.1) is 0 Å². The van der Waals surface area contributed by atoms with Crippen LogP contribution >= 0.6 is 7.26 Å². The maximum absolute atomic E-state index is 14.5. The van der Waals surface area contributed by atoms with Crippen molar-refractivity contribution < 1.29 is 30.2 Å². The van der Waals surface area contributed by atoms with Crippen LogP contribution in [0.3, 0.4) is 0 Å². The Hall–Kier alpha value is -2.30. The number of rotatable bonds is 5. The van der Waals surface area contributed by atoms with Gasteiger partial charge in [0.25, 0.3) is 5.66 Å². The van der Waals surface area contributed by atoms with Crippen molar-refractivity contribution in [3.63, 3.8) is 0 Å². The molecule has 0 bridgehead atoms. The molecule has 31 heavy (non-hydrogen) atoms. The second kappa shape index (κ2) is 9.05. The van der Waals surface area contributed by atoms with Gasteiger partial charge in [0, 0.05) is 6.21 Å². The van der Waals surface area contributed by atoms with Crippen LogP contribution in [0.1, 0.15) is 6.92 Å². The standard InChI is InChI=1S/C24H21F3N2P.BrH/c1-19-17-28-23(29-19,24(25,26)27)18-30(20-11-5-2-6-12-20,21-13-7-3-8-14-21)22-15-9-4-10-16-22;/h2-17H,18H2,1H3;1H/q+1;/p-1. The summed E-state index contributed by atoms with van der Waals surface area (Å²) in [6, 6.07) is 28.4. The van der Waals surface area contributed by atoms with Gasteiger partial charge in [-0.25, -0.2) is 9.98 Å². The monoisotopic (exact) mass is 504 g/mol. The molecule has 1 aliphatic rings. The second-order valence-corrected chi connectivity index (χ2v) is 10.8. The van der Waals surface area contributed by atoms with Crippen LogP contribution in [0.2, 0.25) is 0 Å². The fourth-order valence-corrected chi connectivity index (χ4v) is 8.43. The van der Waals surface area contributed by atoms with Crippen molar-refractivity contribution >= 4 is 35.1 Å². The molecule has 0 N–H and O–H groups in total. The number of benzene rings is 3. The van der Waals surface area contributed by atoms with Crippen molar-refractivity contribution in [1.82, 2.24) is 0 Å². The van der Waals surface area contributed by atoms with E-state index in [4.69, 9.17) is 0 Å². The Bertz CT molecular complexity index is 974. The molecule has 0 spiro atoms. The van der Waals surface area contributed by atoms with Gasteiger partial charge in [0.1, 0.15) is 29.3 Å². The van der Waals surface area contributed by atoms with E-state index in [9.17, 15) is 13.2 Å². The third kappa shape index (κ3) is 4.24. The van der Waals surface area contributed by atoms with Crippen molar-refractivity contribution in [2.24, 2.45) is 9.98 Å². The van der Waals surface area contributed by atoms with Crippen LogP contribution in [0.4, 0.5) is 13.2 Å². The van der Waals surface area contributed by atoms with Crippen molar-refractivity contribution in [3.8, 4) is 0 Å². The average molecular weight is 505 g/mol. The SMILES string of the molecule is CC1=NC(C[P+](c2ccccc2)(c2ccccc2)c2ccccc2)(C(F)(F)F)N=C1.[Br-].